The molecule has 1 saturated heterocycles. The third-order valence-electron chi connectivity index (χ3n) is 2.81. The minimum atomic E-state index is -0.264. The number of ether oxygens (including phenoxy) is 2. The Morgan fingerprint density at radius 1 is 1.73 bits per heavy atom. The topological polar surface area (TPSA) is 38.8 Å². The van der Waals surface area contributed by atoms with Crippen molar-refractivity contribution >= 4 is 21.9 Å². The highest BCUT2D eigenvalue weighted by molar-refractivity contribution is 9.10. The molecule has 0 bridgehead atoms. The Kier molecular flexibility index (Phi) is 5.02. The normalized spacial score (nSPS) is 28.1. The summed E-state index contributed by atoms with van der Waals surface area (Å²) in [5.41, 5.74) is 0. The SMILES string of the molecule is COC(=O)C(Br)CN(C)C1CCOC1C. The Labute approximate surface area is 99.0 Å². The zero-order chi connectivity index (χ0) is 11.4. The molecule has 3 unspecified atom stereocenters. The van der Waals surface area contributed by atoms with Gasteiger partial charge in [-0.15, -0.1) is 0 Å². The number of rotatable bonds is 4. The highest BCUT2D eigenvalue weighted by atomic mass is 79.9. The summed E-state index contributed by atoms with van der Waals surface area (Å²) in [5, 5.41) is 0. The standard InChI is InChI=1S/C10H18BrNO3/c1-7-9(4-5-15-7)12(2)6-8(11)10(13)14-3/h7-9H,4-6H2,1-3H3. The Morgan fingerprint density at radius 2 is 2.40 bits per heavy atom. The summed E-state index contributed by atoms with van der Waals surface area (Å²) < 4.78 is 10.1. The second-order valence-electron chi connectivity index (χ2n) is 3.86. The first kappa shape index (κ1) is 12.9. The minimum absolute atomic E-state index is 0.228. The smallest absolute Gasteiger partial charge is 0.320 e. The first-order valence-electron chi connectivity index (χ1n) is 5.10. The molecule has 88 valence electrons. The van der Waals surface area contributed by atoms with Gasteiger partial charge in [0.2, 0.25) is 0 Å². The fraction of sp³-hybridized carbons (Fsp3) is 0.900. The molecule has 5 heteroatoms. The summed E-state index contributed by atoms with van der Waals surface area (Å²) >= 11 is 3.31. The van der Waals surface area contributed by atoms with Crippen molar-refractivity contribution in [1.29, 1.82) is 0 Å². The number of nitrogens with zero attached hydrogens (tertiary/aromatic N) is 1. The summed E-state index contributed by atoms with van der Waals surface area (Å²) in [6.07, 6.45) is 1.27. The molecule has 0 aromatic carbocycles. The molecule has 0 aromatic rings. The van der Waals surface area contributed by atoms with Crippen LogP contribution in [0.25, 0.3) is 0 Å². The number of hydrogen-bond acceptors (Lipinski definition) is 4. The molecular weight excluding hydrogens is 262 g/mol. The van der Waals surface area contributed by atoms with Crippen LogP contribution in [0.15, 0.2) is 0 Å². The van der Waals surface area contributed by atoms with E-state index >= 15 is 0 Å². The van der Waals surface area contributed by atoms with Crippen molar-refractivity contribution in [2.45, 2.75) is 30.3 Å². The zero-order valence-corrected chi connectivity index (χ0v) is 11.0. The van der Waals surface area contributed by atoms with Crippen LogP contribution in [-0.2, 0) is 14.3 Å². The van der Waals surface area contributed by atoms with Crippen LogP contribution in [0.1, 0.15) is 13.3 Å². The lowest BCUT2D eigenvalue weighted by Crippen LogP contribution is -2.41. The van der Waals surface area contributed by atoms with Crippen LogP contribution in [0.2, 0.25) is 0 Å². The van der Waals surface area contributed by atoms with E-state index in [1.54, 1.807) is 0 Å². The molecule has 1 aliphatic rings. The zero-order valence-electron chi connectivity index (χ0n) is 9.40. The van der Waals surface area contributed by atoms with Gasteiger partial charge in [-0.05, 0) is 20.4 Å². The average Bonchev–Trinajstić information content (AvgIpc) is 2.63. The molecule has 3 atom stereocenters. The maximum atomic E-state index is 11.2. The number of esters is 1. The molecule has 1 heterocycles. The third kappa shape index (κ3) is 3.43. The second kappa shape index (κ2) is 5.82. The van der Waals surface area contributed by atoms with Gasteiger partial charge in [0.05, 0.1) is 13.2 Å². The summed E-state index contributed by atoms with van der Waals surface area (Å²) in [4.78, 5) is 13.1. The van der Waals surface area contributed by atoms with E-state index in [4.69, 9.17) is 4.74 Å². The molecule has 0 amide bonds. The van der Waals surface area contributed by atoms with Gasteiger partial charge in [0.1, 0.15) is 4.83 Å². The lowest BCUT2D eigenvalue weighted by Gasteiger charge is -2.27. The van der Waals surface area contributed by atoms with Crippen LogP contribution < -0.4 is 0 Å². The molecule has 0 N–H and O–H groups in total. The highest BCUT2D eigenvalue weighted by Gasteiger charge is 2.30. The van der Waals surface area contributed by atoms with Gasteiger partial charge in [0.15, 0.2) is 0 Å². The van der Waals surface area contributed by atoms with Crippen LogP contribution in [0.4, 0.5) is 0 Å². The molecular formula is C10H18BrNO3. The minimum Gasteiger partial charge on any atom is -0.468 e. The molecule has 0 spiro atoms. The van der Waals surface area contributed by atoms with Crippen molar-refractivity contribution in [1.82, 2.24) is 4.90 Å². The summed E-state index contributed by atoms with van der Waals surface area (Å²) in [6.45, 7) is 3.52. The van der Waals surface area contributed by atoms with E-state index in [0.29, 0.717) is 12.6 Å². The average molecular weight is 280 g/mol. The van der Waals surface area contributed by atoms with E-state index in [-0.39, 0.29) is 16.9 Å². The van der Waals surface area contributed by atoms with Crippen molar-refractivity contribution in [2.75, 3.05) is 27.3 Å². The Balaban J connectivity index is 2.40. The predicted octanol–water partition coefficient (Wildman–Crippen LogP) is 1.03. The van der Waals surface area contributed by atoms with Crippen LogP contribution in [0.5, 0.6) is 0 Å². The van der Waals surface area contributed by atoms with Crippen molar-refractivity contribution in [2.24, 2.45) is 0 Å². The van der Waals surface area contributed by atoms with Crippen LogP contribution >= 0.6 is 15.9 Å². The number of carbonyl (C=O) groups is 1. The monoisotopic (exact) mass is 279 g/mol. The van der Waals surface area contributed by atoms with Gasteiger partial charge in [-0.25, -0.2) is 0 Å². The van der Waals surface area contributed by atoms with E-state index in [1.807, 2.05) is 7.05 Å². The van der Waals surface area contributed by atoms with E-state index in [2.05, 4.69) is 32.5 Å². The quantitative estimate of drug-likeness (QED) is 0.569. The second-order valence-corrected chi connectivity index (χ2v) is 4.97. The van der Waals surface area contributed by atoms with Gasteiger partial charge in [0, 0.05) is 19.2 Å². The molecule has 1 fully saturated rings. The van der Waals surface area contributed by atoms with Crippen molar-refractivity contribution < 1.29 is 14.3 Å². The lowest BCUT2D eigenvalue weighted by molar-refractivity contribution is -0.140. The Bertz CT molecular complexity index is 225. The van der Waals surface area contributed by atoms with Gasteiger partial charge in [0.25, 0.3) is 0 Å². The Morgan fingerprint density at radius 3 is 2.87 bits per heavy atom. The lowest BCUT2D eigenvalue weighted by atomic mass is 10.1. The van der Waals surface area contributed by atoms with E-state index in [0.717, 1.165) is 13.0 Å². The summed E-state index contributed by atoms with van der Waals surface area (Å²) in [6, 6.07) is 0.398. The number of likely N-dealkylation sites (N-methyl/N-ethyl adjacent to an activating group) is 1. The molecule has 0 saturated carbocycles. The van der Waals surface area contributed by atoms with Crippen LogP contribution in [0, 0.1) is 0 Å². The van der Waals surface area contributed by atoms with E-state index < -0.39 is 0 Å². The van der Waals surface area contributed by atoms with Crippen molar-refractivity contribution in [3.63, 3.8) is 0 Å². The van der Waals surface area contributed by atoms with Crippen LogP contribution in [-0.4, -0.2) is 55.2 Å². The van der Waals surface area contributed by atoms with E-state index in [9.17, 15) is 4.79 Å². The number of alkyl halides is 1. The molecule has 1 rings (SSSR count). The third-order valence-corrected chi connectivity index (χ3v) is 3.47. The van der Waals surface area contributed by atoms with Gasteiger partial charge >= 0.3 is 5.97 Å². The van der Waals surface area contributed by atoms with Crippen molar-refractivity contribution in [3.05, 3.63) is 0 Å². The number of halogens is 1. The Hall–Kier alpha value is -0.130. The molecule has 0 aromatic heterocycles. The van der Waals surface area contributed by atoms with Gasteiger partial charge in [-0.1, -0.05) is 15.9 Å². The van der Waals surface area contributed by atoms with Crippen LogP contribution in [0.3, 0.4) is 0 Å². The van der Waals surface area contributed by atoms with Gasteiger partial charge < -0.3 is 9.47 Å². The first-order chi connectivity index (χ1) is 7.06. The molecule has 0 radical (unpaired) electrons. The maximum absolute atomic E-state index is 11.2. The fourth-order valence-electron chi connectivity index (χ4n) is 1.89. The van der Waals surface area contributed by atoms with Gasteiger partial charge in [-0.3, -0.25) is 9.69 Å². The molecule has 4 nitrogen and oxygen atoms in total. The molecule has 1 aliphatic heterocycles. The number of carbonyl (C=O) groups excluding carboxylic acids is 1. The molecule has 15 heavy (non-hydrogen) atoms. The number of methoxy groups -OCH3 is 1. The van der Waals surface area contributed by atoms with Gasteiger partial charge in [-0.2, -0.15) is 0 Å². The fourth-order valence-corrected chi connectivity index (χ4v) is 2.53. The number of hydrogen-bond donors (Lipinski definition) is 0. The predicted molar refractivity (Wildman–Crippen MR) is 61.2 cm³/mol. The largest absolute Gasteiger partial charge is 0.468 e. The van der Waals surface area contributed by atoms with E-state index in [1.165, 1.54) is 7.11 Å². The summed E-state index contributed by atoms with van der Waals surface area (Å²) in [5.74, 6) is -0.228. The highest BCUT2D eigenvalue weighted by Crippen LogP contribution is 2.19. The van der Waals surface area contributed by atoms with Crippen molar-refractivity contribution in [3.8, 4) is 0 Å². The summed E-state index contributed by atoms with van der Waals surface area (Å²) in [7, 11) is 3.41. The first-order valence-corrected chi connectivity index (χ1v) is 6.01. The maximum Gasteiger partial charge on any atom is 0.320 e. The molecule has 0 aliphatic carbocycles.